The van der Waals surface area contributed by atoms with Gasteiger partial charge in [0, 0.05) is 26.2 Å². The van der Waals surface area contributed by atoms with E-state index >= 15 is 0 Å². The Morgan fingerprint density at radius 1 is 1.26 bits per heavy atom. The Bertz CT molecular complexity index is 459. The predicted octanol–water partition coefficient (Wildman–Crippen LogP) is 2.18. The van der Waals surface area contributed by atoms with Gasteiger partial charge in [0.15, 0.2) is 0 Å². The molecule has 1 heterocycles. The van der Waals surface area contributed by atoms with E-state index in [2.05, 4.69) is 22.2 Å². The van der Waals surface area contributed by atoms with Crippen molar-refractivity contribution >= 4 is 34.8 Å². The standard InChI is InChI=1S/C13H17Cl2N3O/c1-17-5-7-18(8-6-17)9-12(19)16-11-4-2-3-10(14)13(11)15/h2-4H,5-9H2,1H3,(H,16,19). The number of amides is 1. The average molecular weight is 302 g/mol. The van der Waals surface area contributed by atoms with E-state index in [-0.39, 0.29) is 5.91 Å². The van der Waals surface area contributed by atoms with Gasteiger partial charge in [-0.3, -0.25) is 9.69 Å². The van der Waals surface area contributed by atoms with Gasteiger partial charge < -0.3 is 10.2 Å². The van der Waals surface area contributed by atoms with Gasteiger partial charge in [0.1, 0.15) is 0 Å². The fraction of sp³-hybridized carbons (Fsp3) is 0.462. The maximum Gasteiger partial charge on any atom is 0.238 e. The number of piperazine rings is 1. The highest BCUT2D eigenvalue weighted by Gasteiger charge is 2.17. The van der Waals surface area contributed by atoms with E-state index in [0.29, 0.717) is 22.3 Å². The smallest absolute Gasteiger partial charge is 0.238 e. The lowest BCUT2D eigenvalue weighted by molar-refractivity contribution is -0.117. The van der Waals surface area contributed by atoms with Crippen LogP contribution >= 0.6 is 23.2 Å². The maximum absolute atomic E-state index is 12.0. The van der Waals surface area contributed by atoms with Gasteiger partial charge in [-0.1, -0.05) is 29.3 Å². The number of anilines is 1. The highest BCUT2D eigenvalue weighted by Crippen LogP contribution is 2.29. The Balaban J connectivity index is 1.89. The quantitative estimate of drug-likeness (QED) is 0.929. The summed E-state index contributed by atoms with van der Waals surface area (Å²) < 4.78 is 0. The number of likely N-dealkylation sites (N-methyl/N-ethyl adjacent to an activating group) is 1. The average Bonchev–Trinajstić information content (AvgIpc) is 2.38. The number of benzene rings is 1. The van der Waals surface area contributed by atoms with E-state index in [4.69, 9.17) is 23.2 Å². The zero-order chi connectivity index (χ0) is 13.8. The molecule has 0 bridgehead atoms. The molecule has 0 aromatic heterocycles. The molecule has 6 heteroatoms. The molecule has 0 unspecified atom stereocenters. The zero-order valence-electron chi connectivity index (χ0n) is 10.8. The molecule has 2 rings (SSSR count). The monoisotopic (exact) mass is 301 g/mol. The number of nitrogens with zero attached hydrogens (tertiary/aromatic N) is 2. The van der Waals surface area contributed by atoms with Crippen LogP contribution in [0.1, 0.15) is 0 Å². The Hall–Kier alpha value is -0.810. The van der Waals surface area contributed by atoms with Crippen LogP contribution in [0.5, 0.6) is 0 Å². The Morgan fingerprint density at radius 2 is 1.95 bits per heavy atom. The molecule has 1 fully saturated rings. The number of hydrogen-bond acceptors (Lipinski definition) is 3. The Labute approximate surface area is 123 Å². The summed E-state index contributed by atoms with van der Waals surface area (Å²) in [4.78, 5) is 16.3. The highest BCUT2D eigenvalue weighted by molar-refractivity contribution is 6.43. The van der Waals surface area contributed by atoms with Crippen molar-refractivity contribution in [3.8, 4) is 0 Å². The molecular weight excluding hydrogens is 285 g/mol. The first kappa shape index (κ1) is 14.6. The third kappa shape index (κ3) is 4.08. The Morgan fingerprint density at radius 3 is 2.63 bits per heavy atom. The molecule has 0 saturated carbocycles. The van der Waals surface area contributed by atoms with Gasteiger partial charge in [0.05, 0.1) is 22.3 Å². The minimum Gasteiger partial charge on any atom is -0.324 e. The molecule has 1 aromatic rings. The first-order chi connectivity index (χ1) is 9.06. The van der Waals surface area contributed by atoms with E-state index in [9.17, 15) is 4.79 Å². The number of halogens is 2. The molecule has 0 atom stereocenters. The van der Waals surface area contributed by atoms with Gasteiger partial charge in [0.2, 0.25) is 5.91 Å². The lowest BCUT2D eigenvalue weighted by atomic mass is 10.3. The lowest BCUT2D eigenvalue weighted by Crippen LogP contribution is -2.47. The van der Waals surface area contributed by atoms with E-state index in [0.717, 1.165) is 26.2 Å². The van der Waals surface area contributed by atoms with Crippen molar-refractivity contribution in [3.63, 3.8) is 0 Å². The van der Waals surface area contributed by atoms with Gasteiger partial charge in [-0.05, 0) is 19.2 Å². The van der Waals surface area contributed by atoms with E-state index in [1.54, 1.807) is 18.2 Å². The van der Waals surface area contributed by atoms with Crippen LogP contribution < -0.4 is 5.32 Å². The van der Waals surface area contributed by atoms with Crippen molar-refractivity contribution in [1.82, 2.24) is 9.80 Å². The summed E-state index contributed by atoms with van der Waals surface area (Å²) in [7, 11) is 2.09. The summed E-state index contributed by atoms with van der Waals surface area (Å²) in [6, 6.07) is 5.20. The second-order valence-electron chi connectivity index (χ2n) is 4.73. The second kappa shape index (κ2) is 6.57. The molecule has 1 amide bonds. The van der Waals surface area contributed by atoms with Crippen molar-refractivity contribution in [2.24, 2.45) is 0 Å². The fourth-order valence-electron chi connectivity index (χ4n) is 2.00. The summed E-state index contributed by atoms with van der Waals surface area (Å²) in [6.07, 6.45) is 0. The summed E-state index contributed by atoms with van der Waals surface area (Å²) in [5.74, 6) is -0.0614. The van der Waals surface area contributed by atoms with Crippen molar-refractivity contribution in [2.75, 3.05) is 45.1 Å². The number of carbonyl (C=O) groups excluding carboxylic acids is 1. The third-order valence-corrected chi connectivity index (χ3v) is 4.01. The van der Waals surface area contributed by atoms with Gasteiger partial charge in [-0.2, -0.15) is 0 Å². The molecule has 1 saturated heterocycles. The van der Waals surface area contributed by atoms with E-state index < -0.39 is 0 Å². The minimum atomic E-state index is -0.0614. The third-order valence-electron chi connectivity index (χ3n) is 3.19. The second-order valence-corrected chi connectivity index (χ2v) is 5.51. The predicted molar refractivity (Wildman–Crippen MR) is 79.0 cm³/mol. The van der Waals surface area contributed by atoms with Crippen LogP contribution in [0.25, 0.3) is 0 Å². The van der Waals surface area contributed by atoms with Crippen LogP contribution in [-0.4, -0.2) is 55.5 Å². The van der Waals surface area contributed by atoms with Crippen LogP contribution in [0.4, 0.5) is 5.69 Å². The fourth-order valence-corrected chi connectivity index (χ4v) is 2.35. The van der Waals surface area contributed by atoms with Crippen molar-refractivity contribution in [3.05, 3.63) is 28.2 Å². The largest absolute Gasteiger partial charge is 0.324 e. The number of rotatable bonds is 3. The summed E-state index contributed by atoms with van der Waals surface area (Å²) in [5.41, 5.74) is 0.563. The van der Waals surface area contributed by atoms with Crippen LogP contribution in [0, 0.1) is 0 Å². The van der Waals surface area contributed by atoms with Crippen molar-refractivity contribution in [1.29, 1.82) is 0 Å². The topological polar surface area (TPSA) is 35.6 Å². The molecule has 104 valence electrons. The van der Waals surface area contributed by atoms with E-state index in [1.165, 1.54) is 0 Å². The van der Waals surface area contributed by atoms with Crippen LogP contribution in [-0.2, 0) is 4.79 Å². The summed E-state index contributed by atoms with van der Waals surface area (Å²) >= 11 is 11.9. The molecule has 4 nitrogen and oxygen atoms in total. The van der Waals surface area contributed by atoms with Gasteiger partial charge in [-0.25, -0.2) is 0 Å². The van der Waals surface area contributed by atoms with Gasteiger partial charge >= 0.3 is 0 Å². The molecule has 0 aliphatic carbocycles. The zero-order valence-corrected chi connectivity index (χ0v) is 12.3. The summed E-state index contributed by atoms with van der Waals surface area (Å²) in [5, 5.41) is 3.63. The van der Waals surface area contributed by atoms with Crippen LogP contribution in [0.15, 0.2) is 18.2 Å². The van der Waals surface area contributed by atoms with Crippen LogP contribution in [0.3, 0.4) is 0 Å². The van der Waals surface area contributed by atoms with Gasteiger partial charge in [-0.15, -0.1) is 0 Å². The molecule has 1 aromatic carbocycles. The lowest BCUT2D eigenvalue weighted by Gasteiger charge is -2.31. The van der Waals surface area contributed by atoms with Crippen LogP contribution in [0.2, 0.25) is 10.0 Å². The van der Waals surface area contributed by atoms with Gasteiger partial charge in [0.25, 0.3) is 0 Å². The summed E-state index contributed by atoms with van der Waals surface area (Å²) in [6.45, 7) is 4.19. The highest BCUT2D eigenvalue weighted by atomic mass is 35.5. The molecular formula is C13H17Cl2N3O. The Kier molecular flexibility index (Phi) is 5.05. The molecule has 1 aliphatic heterocycles. The molecule has 0 spiro atoms. The van der Waals surface area contributed by atoms with Crippen molar-refractivity contribution in [2.45, 2.75) is 0 Å². The SMILES string of the molecule is CN1CCN(CC(=O)Nc2cccc(Cl)c2Cl)CC1. The maximum atomic E-state index is 12.0. The molecule has 19 heavy (non-hydrogen) atoms. The number of hydrogen-bond donors (Lipinski definition) is 1. The minimum absolute atomic E-state index is 0.0614. The molecule has 1 aliphatic rings. The number of carbonyl (C=O) groups is 1. The molecule has 1 N–H and O–H groups in total. The van der Waals surface area contributed by atoms with Crippen molar-refractivity contribution < 1.29 is 4.79 Å². The number of nitrogens with one attached hydrogen (secondary N) is 1. The first-order valence-corrected chi connectivity index (χ1v) is 6.96. The first-order valence-electron chi connectivity index (χ1n) is 6.21. The van der Waals surface area contributed by atoms with E-state index in [1.807, 2.05) is 0 Å². The normalized spacial score (nSPS) is 17.4. The molecule has 0 radical (unpaired) electrons.